The van der Waals surface area contributed by atoms with Crippen LogP contribution in [-0.4, -0.2) is 44.4 Å². The SMILES string of the molecule is COc1cc(OC)c(/C=C/S(=O)Cc2ccc(OC)c(NC(=O)CCl)c2)c(OC)c1. The van der Waals surface area contributed by atoms with Crippen LogP contribution in [0.15, 0.2) is 35.7 Å². The van der Waals surface area contributed by atoms with Gasteiger partial charge in [0.15, 0.2) is 0 Å². The third-order valence-corrected chi connectivity index (χ3v) is 5.41. The van der Waals surface area contributed by atoms with Crippen molar-refractivity contribution in [2.24, 2.45) is 0 Å². The van der Waals surface area contributed by atoms with Crippen LogP contribution in [0.2, 0.25) is 0 Å². The van der Waals surface area contributed by atoms with E-state index in [4.69, 9.17) is 30.5 Å². The lowest BCUT2D eigenvalue weighted by Gasteiger charge is -2.12. The van der Waals surface area contributed by atoms with E-state index in [0.29, 0.717) is 34.2 Å². The normalized spacial score (nSPS) is 11.8. The molecule has 1 amide bonds. The van der Waals surface area contributed by atoms with Crippen LogP contribution in [0, 0.1) is 0 Å². The fraction of sp³-hybridized carbons (Fsp3) is 0.286. The van der Waals surface area contributed by atoms with E-state index >= 15 is 0 Å². The van der Waals surface area contributed by atoms with E-state index in [1.165, 1.54) is 21.3 Å². The Morgan fingerprint density at radius 3 is 2.17 bits per heavy atom. The smallest absolute Gasteiger partial charge is 0.239 e. The molecule has 0 aromatic heterocycles. The number of ether oxygens (including phenoxy) is 4. The van der Waals surface area contributed by atoms with E-state index in [2.05, 4.69) is 5.32 Å². The van der Waals surface area contributed by atoms with Gasteiger partial charge in [0.05, 0.1) is 56.2 Å². The summed E-state index contributed by atoms with van der Waals surface area (Å²) in [6, 6.07) is 8.65. The van der Waals surface area contributed by atoms with Gasteiger partial charge in [-0.2, -0.15) is 0 Å². The molecule has 2 aromatic carbocycles. The Morgan fingerprint density at radius 1 is 1.00 bits per heavy atom. The minimum absolute atomic E-state index is 0.173. The number of amides is 1. The number of rotatable bonds is 10. The minimum Gasteiger partial charge on any atom is -0.496 e. The molecule has 0 spiro atoms. The van der Waals surface area contributed by atoms with Crippen molar-refractivity contribution >= 4 is 40.1 Å². The molecule has 1 unspecified atom stereocenters. The first kappa shape index (κ1) is 23.6. The summed E-state index contributed by atoms with van der Waals surface area (Å²) in [5, 5.41) is 4.23. The molecule has 0 saturated carbocycles. The van der Waals surface area contributed by atoms with E-state index in [9.17, 15) is 9.00 Å². The number of anilines is 1. The van der Waals surface area contributed by atoms with Gasteiger partial charge in [-0.3, -0.25) is 9.00 Å². The first-order valence-corrected chi connectivity index (χ1v) is 10.8. The van der Waals surface area contributed by atoms with Crippen LogP contribution in [0.4, 0.5) is 5.69 Å². The van der Waals surface area contributed by atoms with Gasteiger partial charge < -0.3 is 24.3 Å². The molecule has 1 N–H and O–H groups in total. The Bertz CT molecular complexity index is 922. The molecule has 162 valence electrons. The van der Waals surface area contributed by atoms with Gasteiger partial charge in [-0.25, -0.2) is 0 Å². The summed E-state index contributed by atoms with van der Waals surface area (Å²) in [5.74, 6) is 1.87. The molecule has 7 nitrogen and oxygen atoms in total. The summed E-state index contributed by atoms with van der Waals surface area (Å²) in [4.78, 5) is 11.6. The highest BCUT2D eigenvalue weighted by molar-refractivity contribution is 7.87. The second kappa shape index (κ2) is 11.5. The summed E-state index contributed by atoms with van der Waals surface area (Å²) in [6.07, 6.45) is 1.69. The fourth-order valence-electron chi connectivity index (χ4n) is 2.68. The molecule has 0 saturated heterocycles. The van der Waals surface area contributed by atoms with Crippen LogP contribution in [0.5, 0.6) is 23.0 Å². The first-order chi connectivity index (χ1) is 14.4. The van der Waals surface area contributed by atoms with Crippen molar-refractivity contribution in [3.05, 3.63) is 46.9 Å². The highest BCUT2D eigenvalue weighted by atomic mass is 35.5. The van der Waals surface area contributed by atoms with Crippen molar-refractivity contribution in [2.45, 2.75) is 5.75 Å². The van der Waals surface area contributed by atoms with Crippen molar-refractivity contribution in [1.82, 2.24) is 0 Å². The Hall–Kier alpha value is -2.71. The molecule has 0 heterocycles. The number of carbonyl (C=O) groups excluding carboxylic acids is 1. The number of methoxy groups -OCH3 is 4. The summed E-state index contributed by atoms with van der Waals surface area (Å²) in [7, 11) is 4.80. The van der Waals surface area contributed by atoms with Crippen LogP contribution in [0.1, 0.15) is 11.1 Å². The van der Waals surface area contributed by atoms with Gasteiger partial charge in [-0.1, -0.05) is 6.07 Å². The lowest BCUT2D eigenvalue weighted by Crippen LogP contribution is -2.13. The third kappa shape index (κ3) is 6.14. The van der Waals surface area contributed by atoms with Crippen molar-refractivity contribution < 1.29 is 28.0 Å². The molecule has 0 aliphatic rings. The van der Waals surface area contributed by atoms with Gasteiger partial charge in [0.25, 0.3) is 0 Å². The molecule has 1 atom stereocenters. The predicted octanol–water partition coefficient (Wildman–Crippen LogP) is 3.82. The minimum atomic E-state index is -1.33. The fourth-order valence-corrected chi connectivity index (χ4v) is 3.64. The Labute approximate surface area is 183 Å². The average molecular weight is 454 g/mol. The molecular formula is C21H24ClNO6S. The van der Waals surface area contributed by atoms with Crippen molar-refractivity contribution in [3.63, 3.8) is 0 Å². The van der Waals surface area contributed by atoms with Crippen LogP contribution < -0.4 is 24.3 Å². The molecule has 0 bridgehead atoms. The zero-order valence-corrected chi connectivity index (χ0v) is 18.8. The number of alkyl halides is 1. The molecule has 9 heteroatoms. The molecule has 0 aliphatic carbocycles. The Balaban J connectivity index is 2.22. The number of carbonyl (C=O) groups is 1. The standard InChI is InChI=1S/C21H24ClNO6S/c1-26-15-10-19(28-3)16(20(11-15)29-4)7-8-30(25)13-14-5-6-18(27-2)17(9-14)23-21(24)12-22/h5-11H,12-13H2,1-4H3,(H,23,24)/b8-7+. The molecule has 0 fully saturated rings. The first-order valence-electron chi connectivity index (χ1n) is 8.83. The summed E-state index contributed by atoms with van der Waals surface area (Å²) in [6.45, 7) is 0. The largest absolute Gasteiger partial charge is 0.496 e. The van der Waals surface area contributed by atoms with E-state index in [1.807, 2.05) is 0 Å². The molecular weight excluding hydrogens is 430 g/mol. The van der Waals surface area contributed by atoms with E-state index in [1.54, 1.807) is 48.9 Å². The van der Waals surface area contributed by atoms with E-state index in [0.717, 1.165) is 5.56 Å². The number of hydrogen-bond donors (Lipinski definition) is 1. The summed E-state index contributed by atoms with van der Waals surface area (Å²) < 4.78 is 33.9. The van der Waals surface area contributed by atoms with Crippen LogP contribution in [0.25, 0.3) is 6.08 Å². The van der Waals surface area contributed by atoms with Crippen LogP contribution in [0.3, 0.4) is 0 Å². The highest BCUT2D eigenvalue weighted by Crippen LogP contribution is 2.35. The molecule has 0 radical (unpaired) electrons. The lowest BCUT2D eigenvalue weighted by molar-refractivity contribution is -0.113. The Morgan fingerprint density at radius 2 is 1.63 bits per heavy atom. The maximum atomic E-state index is 12.6. The maximum Gasteiger partial charge on any atom is 0.239 e. The average Bonchev–Trinajstić information content (AvgIpc) is 2.77. The van der Waals surface area contributed by atoms with Crippen LogP contribution >= 0.6 is 11.6 Å². The van der Waals surface area contributed by atoms with Gasteiger partial charge in [0.1, 0.15) is 28.9 Å². The van der Waals surface area contributed by atoms with Crippen molar-refractivity contribution in [2.75, 3.05) is 39.6 Å². The van der Waals surface area contributed by atoms with Gasteiger partial charge in [-0.15, -0.1) is 11.6 Å². The van der Waals surface area contributed by atoms with Gasteiger partial charge in [0.2, 0.25) is 5.91 Å². The quantitative estimate of drug-likeness (QED) is 0.551. The second-order valence-electron chi connectivity index (χ2n) is 5.99. The number of hydrogen-bond acceptors (Lipinski definition) is 6. The third-order valence-electron chi connectivity index (χ3n) is 4.11. The summed E-state index contributed by atoms with van der Waals surface area (Å²) >= 11 is 5.55. The highest BCUT2D eigenvalue weighted by Gasteiger charge is 2.12. The van der Waals surface area contributed by atoms with Crippen molar-refractivity contribution in [1.29, 1.82) is 0 Å². The van der Waals surface area contributed by atoms with Gasteiger partial charge in [-0.05, 0) is 23.8 Å². The zero-order valence-electron chi connectivity index (χ0n) is 17.2. The van der Waals surface area contributed by atoms with Crippen LogP contribution in [-0.2, 0) is 21.3 Å². The molecule has 30 heavy (non-hydrogen) atoms. The monoisotopic (exact) mass is 453 g/mol. The number of benzene rings is 2. The predicted molar refractivity (Wildman–Crippen MR) is 119 cm³/mol. The molecule has 2 aromatic rings. The van der Waals surface area contributed by atoms with E-state index in [-0.39, 0.29) is 17.5 Å². The Kier molecular flexibility index (Phi) is 9.01. The topological polar surface area (TPSA) is 83.1 Å². The summed E-state index contributed by atoms with van der Waals surface area (Å²) in [5.41, 5.74) is 1.89. The number of nitrogens with one attached hydrogen (secondary N) is 1. The lowest BCUT2D eigenvalue weighted by atomic mass is 10.1. The maximum absolute atomic E-state index is 12.6. The molecule has 2 rings (SSSR count). The van der Waals surface area contributed by atoms with Crippen molar-refractivity contribution in [3.8, 4) is 23.0 Å². The van der Waals surface area contributed by atoms with Gasteiger partial charge in [0, 0.05) is 17.5 Å². The van der Waals surface area contributed by atoms with E-state index < -0.39 is 10.8 Å². The number of halogens is 1. The molecule has 0 aliphatic heterocycles. The van der Waals surface area contributed by atoms with Gasteiger partial charge >= 0.3 is 0 Å². The second-order valence-corrected chi connectivity index (χ2v) is 7.58. The zero-order chi connectivity index (χ0) is 22.1.